The van der Waals surface area contributed by atoms with Gasteiger partial charge in [0.15, 0.2) is 5.17 Å². The van der Waals surface area contributed by atoms with Crippen LogP contribution in [0.1, 0.15) is 16.8 Å². The van der Waals surface area contributed by atoms with Gasteiger partial charge in [0.2, 0.25) is 5.17 Å². The van der Waals surface area contributed by atoms with Crippen molar-refractivity contribution in [2.45, 2.75) is 13.8 Å². The van der Waals surface area contributed by atoms with Gasteiger partial charge in [-0.3, -0.25) is 10.2 Å². The van der Waals surface area contributed by atoms with Crippen LogP contribution in [0.4, 0.5) is 0 Å². The lowest BCUT2D eigenvalue weighted by Gasteiger charge is -2.24. The second kappa shape index (κ2) is 6.86. The van der Waals surface area contributed by atoms with Crippen molar-refractivity contribution in [2.75, 3.05) is 6.26 Å². The summed E-state index contributed by atoms with van der Waals surface area (Å²) >= 11 is 2.55. The Morgan fingerprint density at radius 1 is 1.26 bits per heavy atom. The molecule has 3 heterocycles. The Morgan fingerprint density at radius 3 is 2.81 bits per heavy atom. The van der Waals surface area contributed by atoms with E-state index in [0.29, 0.717) is 10.3 Å². The zero-order valence-electron chi connectivity index (χ0n) is 15.1. The van der Waals surface area contributed by atoms with Crippen LogP contribution in [0.2, 0.25) is 0 Å². The van der Waals surface area contributed by atoms with E-state index in [1.807, 2.05) is 29.2 Å². The molecule has 0 spiro atoms. The molecule has 2 aliphatic rings. The number of aliphatic imine (C=N–C) groups is 1. The summed E-state index contributed by atoms with van der Waals surface area (Å²) in [6.45, 7) is 4.12. The lowest BCUT2D eigenvalue weighted by atomic mass is 10.1. The van der Waals surface area contributed by atoms with Crippen LogP contribution in [0.3, 0.4) is 0 Å². The van der Waals surface area contributed by atoms with Gasteiger partial charge in [-0.25, -0.2) is 4.90 Å². The number of aromatic nitrogens is 1. The van der Waals surface area contributed by atoms with Gasteiger partial charge < -0.3 is 4.57 Å². The van der Waals surface area contributed by atoms with E-state index < -0.39 is 5.91 Å². The molecule has 1 aromatic heterocycles. The van der Waals surface area contributed by atoms with E-state index in [-0.39, 0.29) is 11.4 Å². The highest BCUT2D eigenvalue weighted by Crippen LogP contribution is 2.31. The molecule has 136 valence electrons. The fraction of sp³-hybridized carbons (Fsp3) is 0.158. The minimum absolute atomic E-state index is 0.108. The summed E-state index contributed by atoms with van der Waals surface area (Å²) in [5, 5.41) is 9.63. The first-order valence-electron chi connectivity index (χ1n) is 8.27. The Morgan fingerprint density at radius 2 is 2.07 bits per heavy atom. The average molecular weight is 396 g/mol. The molecule has 1 aromatic carbocycles. The fourth-order valence-corrected chi connectivity index (χ4v) is 4.54. The molecule has 0 bridgehead atoms. The highest BCUT2D eigenvalue weighted by molar-refractivity contribution is 8.18. The standard InChI is InChI=1S/C19H17N5OS2/c1-11-6-7-15(12(2)9-11)23-8-4-5-13(23)10-14-16(20)24-18(21-17(14)25)27-22-19(24)26-3/h4-10,20H,1-3H3/b14-10-,20-16?. The molecule has 0 saturated heterocycles. The zero-order chi connectivity index (χ0) is 19.1. The summed E-state index contributed by atoms with van der Waals surface area (Å²) in [7, 11) is 0. The molecule has 6 nitrogen and oxygen atoms in total. The number of amidine groups is 3. The predicted molar refractivity (Wildman–Crippen MR) is 114 cm³/mol. The number of rotatable bonds is 2. The van der Waals surface area contributed by atoms with Crippen LogP contribution in [0.5, 0.6) is 0 Å². The Bertz CT molecular complexity index is 1060. The predicted octanol–water partition coefficient (Wildman–Crippen LogP) is 4.03. The third-order valence-corrected chi connectivity index (χ3v) is 5.82. The van der Waals surface area contributed by atoms with Crippen molar-refractivity contribution < 1.29 is 4.79 Å². The zero-order valence-corrected chi connectivity index (χ0v) is 16.7. The summed E-state index contributed by atoms with van der Waals surface area (Å²) in [6.07, 6.45) is 5.57. The van der Waals surface area contributed by atoms with Crippen LogP contribution < -0.4 is 0 Å². The molecule has 27 heavy (non-hydrogen) atoms. The quantitative estimate of drug-likeness (QED) is 0.615. The average Bonchev–Trinajstić information content (AvgIpc) is 3.25. The monoisotopic (exact) mass is 395 g/mol. The summed E-state index contributed by atoms with van der Waals surface area (Å²) < 4.78 is 6.28. The van der Waals surface area contributed by atoms with E-state index in [9.17, 15) is 4.79 Å². The second-order valence-corrected chi connectivity index (χ2v) is 7.71. The number of nitrogens with zero attached hydrogens (tertiary/aromatic N) is 4. The first-order chi connectivity index (χ1) is 13.0. The Balaban J connectivity index is 1.77. The van der Waals surface area contributed by atoms with Gasteiger partial charge in [0.1, 0.15) is 5.84 Å². The second-order valence-electron chi connectivity index (χ2n) is 6.20. The third-order valence-electron chi connectivity index (χ3n) is 4.36. The maximum Gasteiger partial charge on any atom is 0.283 e. The fourth-order valence-electron chi connectivity index (χ4n) is 3.09. The van der Waals surface area contributed by atoms with Gasteiger partial charge in [-0.1, -0.05) is 29.5 Å². The van der Waals surface area contributed by atoms with Gasteiger partial charge in [0, 0.05) is 17.6 Å². The number of benzene rings is 1. The molecule has 1 N–H and O–H groups in total. The van der Waals surface area contributed by atoms with E-state index in [1.54, 1.807) is 11.0 Å². The van der Waals surface area contributed by atoms with Gasteiger partial charge in [-0.15, -0.1) is 0 Å². The van der Waals surface area contributed by atoms with Gasteiger partial charge in [0.25, 0.3) is 5.91 Å². The van der Waals surface area contributed by atoms with Crippen LogP contribution in [0.25, 0.3) is 11.8 Å². The molecule has 0 aliphatic carbocycles. The molecule has 2 aliphatic heterocycles. The molecule has 4 rings (SSSR count). The Labute approximate surface area is 165 Å². The number of thioether (sulfide) groups is 1. The maximum atomic E-state index is 12.5. The Kier molecular flexibility index (Phi) is 4.53. The topological polar surface area (TPSA) is 73.8 Å². The number of fused-ring (bicyclic) bond motifs is 1. The van der Waals surface area contributed by atoms with Gasteiger partial charge >= 0.3 is 0 Å². The minimum Gasteiger partial charge on any atom is -0.317 e. The first-order valence-corrected chi connectivity index (χ1v) is 10.3. The van der Waals surface area contributed by atoms with Crippen LogP contribution in [0.15, 0.2) is 51.5 Å². The number of amides is 1. The smallest absolute Gasteiger partial charge is 0.283 e. The van der Waals surface area contributed by atoms with Gasteiger partial charge in [-0.2, -0.15) is 9.39 Å². The third kappa shape index (κ3) is 3.04. The van der Waals surface area contributed by atoms with Crippen molar-refractivity contribution in [3.05, 3.63) is 58.9 Å². The molecule has 2 aromatic rings. The number of hydrogen-bond donors (Lipinski definition) is 1. The molecule has 0 atom stereocenters. The van der Waals surface area contributed by atoms with Crippen LogP contribution in [0, 0.1) is 19.3 Å². The van der Waals surface area contributed by atoms with Crippen molar-refractivity contribution in [3.8, 4) is 5.69 Å². The SMILES string of the molecule is CSC1=NSC2=NC(=O)/C(=C\c3cccn3-c3ccc(C)cc3C)C(=N)N12. The van der Waals surface area contributed by atoms with Crippen molar-refractivity contribution in [1.29, 1.82) is 5.41 Å². The van der Waals surface area contributed by atoms with Crippen LogP contribution in [-0.4, -0.2) is 37.8 Å². The summed E-state index contributed by atoms with van der Waals surface area (Å²) in [5.74, 6) is -0.304. The largest absolute Gasteiger partial charge is 0.317 e. The lowest BCUT2D eigenvalue weighted by molar-refractivity contribution is -0.114. The molecular formula is C19H17N5OS2. The first kappa shape index (κ1) is 17.8. The van der Waals surface area contributed by atoms with Crippen molar-refractivity contribution in [3.63, 3.8) is 0 Å². The van der Waals surface area contributed by atoms with E-state index in [1.165, 1.54) is 17.3 Å². The molecular weight excluding hydrogens is 378 g/mol. The number of nitrogens with one attached hydrogen (secondary N) is 1. The number of carbonyl (C=O) groups excluding carboxylic acids is 1. The highest BCUT2D eigenvalue weighted by atomic mass is 32.2. The number of hydrogen-bond acceptors (Lipinski definition) is 5. The number of carbonyl (C=O) groups is 1. The molecule has 0 unspecified atom stereocenters. The highest BCUT2D eigenvalue weighted by Gasteiger charge is 2.37. The van der Waals surface area contributed by atoms with Gasteiger partial charge in [-0.05, 0) is 49.9 Å². The summed E-state index contributed by atoms with van der Waals surface area (Å²) in [4.78, 5) is 18.2. The molecule has 0 radical (unpaired) electrons. The molecule has 0 fully saturated rings. The molecule has 8 heteroatoms. The van der Waals surface area contributed by atoms with Crippen LogP contribution in [-0.2, 0) is 4.79 Å². The molecule has 1 amide bonds. The molecule has 0 saturated carbocycles. The maximum absolute atomic E-state index is 12.5. The van der Waals surface area contributed by atoms with Crippen molar-refractivity contribution >= 4 is 51.9 Å². The lowest BCUT2D eigenvalue weighted by Crippen LogP contribution is -2.41. The van der Waals surface area contributed by atoms with E-state index >= 15 is 0 Å². The normalized spacial score (nSPS) is 18.0. The number of aryl methyl sites for hydroxylation is 2. The minimum atomic E-state index is -0.412. The van der Waals surface area contributed by atoms with E-state index in [0.717, 1.165) is 28.9 Å². The van der Waals surface area contributed by atoms with E-state index in [4.69, 9.17) is 5.41 Å². The van der Waals surface area contributed by atoms with Crippen molar-refractivity contribution in [1.82, 2.24) is 9.47 Å². The summed E-state index contributed by atoms with van der Waals surface area (Å²) in [5.41, 5.74) is 4.46. The summed E-state index contributed by atoms with van der Waals surface area (Å²) in [6, 6.07) is 10.1. The van der Waals surface area contributed by atoms with Crippen LogP contribution >= 0.6 is 23.7 Å². The Hall–Kier alpha value is -2.58. The van der Waals surface area contributed by atoms with Gasteiger partial charge in [0.05, 0.1) is 17.5 Å². The van der Waals surface area contributed by atoms with E-state index in [2.05, 4.69) is 41.4 Å². The van der Waals surface area contributed by atoms with Crippen molar-refractivity contribution in [2.24, 2.45) is 9.39 Å².